The summed E-state index contributed by atoms with van der Waals surface area (Å²) in [7, 11) is -1.52. The second kappa shape index (κ2) is 8.68. The molecular formula is C21H25N3O3S. The molecule has 0 unspecified atom stereocenters. The van der Waals surface area contributed by atoms with Crippen molar-refractivity contribution in [3.63, 3.8) is 0 Å². The Balaban J connectivity index is 1.63. The van der Waals surface area contributed by atoms with Crippen LogP contribution in [0.4, 0.5) is 5.69 Å². The first-order valence-electron chi connectivity index (χ1n) is 9.19. The van der Waals surface area contributed by atoms with Gasteiger partial charge in [-0.25, -0.2) is 8.42 Å². The minimum atomic E-state index is -3.50. The van der Waals surface area contributed by atoms with Gasteiger partial charge in [0.1, 0.15) is 0 Å². The Labute approximate surface area is 166 Å². The standard InChI is InChI=1S/C21H25N3O3S/c1-17-4-3-5-18(16-17)6-11-21(25)22-19-7-9-20(10-8-19)28(26,27)24-14-12-23(2)13-15-24/h3-11,16H,12-15H2,1-2H3,(H,22,25)/b11-6+. The van der Waals surface area contributed by atoms with Crippen LogP contribution >= 0.6 is 0 Å². The number of rotatable bonds is 5. The zero-order valence-electron chi connectivity index (χ0n) is 16.1. The summed E-state index contributed by atoms with van der Waals surface area (Å²) in [6.07, 6.45) is 3.21. The van der Waals surface area contributed by atoms with E-state index in [-0.39, 0.29) is 10.8 Å². The van der Waals surface area contributed by atoms with Gasteiger partial charge in [-0.05, 0) is 49.9 Å². The maximum Gasteiger partial charge on any atom is 0.248 e. The van der Waals surface area contributed by atoms with E-state index >= 15 is 0 Å². The van der Waals surface area contributed by atoms with Crippen LogP contribution in [0.2, 0.25) is 0 Å². The molecule has 1 N–H and O–H groups in total. The van der Waals surface area contributed by atoms with Crippen molar-refractivity contribution in [3.05, 3.63) is 65.7 Å². The fourth-order valence-corrected chi connectivity index (χ4v) is 4.44. The topological polar surface area (TPSA) is 69.7 Å². The highest BCUT2D eigenvalue weighted by atomic mass is 32.2. The first kappa shape index (κ1) is 20.3. The SMILES string of the molecule is Cc1cccc(/C=C/C(=O)Nc2ccc(S(=O)(=O)N3CCN(C)CC3)cc2)c1. The number of nitrogens with one attached hydrogen (secondary N) is 1. The first-order valence-corrected chi connectivity index (χ1v) is 10.6. The fraction of sp³-hybridized carbons (Fsp3) is 0.286. The normalized spacial score (nSPS) is 16.4. The molecule has 2 aromatic carbocycles. The largest absolute Gasteiger partial charge is 0.323 e. The average molecular weight is 400 g/mol. The summed E-state index contributed by atoms with van der Waals surface area (Å²) in [5.74, 6) is -0.267. The number of benzene rings is 2. The zero-order valence-corrected chi connectivity index (χ0v) is 16.9. The molecule has 0 aliphatic carbocycles. The van der Waals surface area contributed by atoms with Crippen molar-refractivity contribution < 1.29 is 13.2 Å². The van der Waals surface area contributed by atoms with Crippen LogP contribution in [0.1, 0.15) is 11.1 Å². The van der Waals surface area contributed by atoms with Crippen molar-refractivity contribution in [2.45, 2.75) is 11.8 Å². The van der Waals surface area contributed by atoms with E-state index in [1.165, 1.54) is 22.5 Å². The number of hydrogen-bond acceptors (Lipinski definition) is 4. The van der Waals surface area contributed by atoms with Gasteiger partial charge in [-0.3, -0.25) is 4.79 Å². The fourth-order valence-electron chi connectivity index (χ4n) is 3.02. The number of anilines is 1. The molecule has 7 heteroatoms. The number of sulfonamides is 1. The van der Waals surface area contributed by atoms with Crippen molar-refractivity contribution >= 4 is 27.7 Å². The number of aryl methyl sites for hydroxylation is 1. The molecule has 0 atom stereocenters. The molecule has 1 aliphatic rings. The van der Waals surface area contributed by atoms with Gasteiger partial charge < -0.3 is 10.2 Å². The molecule has 1 saturated heterocycles. The molecule has 3 rings (SSSR count). The summed E-state index contributed by atoms with van der Waals surface area (Å²) in [5, 5.41) is 2.75. The van der Waals surface area contributed by atoms with Crippen molar-refractivity contribution in [1.82, 2.24) is 9.21 Å². The minimum absolute atomic E-state index is 0.241. The molecule has 1 heterocycles. The van der Waals surface area contributed by atoms with Crippen molar-refractivity contribution in [3.8, 4) is 0 Å². The van der Waals surface area contributed by atoms with E-state index in [1.807, 2.05) is 38.2 Å². The van der Waals surface area contributed by atoms with Gasteiger partial charge in [-0.1, -0.05) is 29.8 Å². The lowest BCUT2D eigenvalue weighted by Gasteiger charge is -2.31. The second-order valence-electron chi connectivity index (χ2n) is 6.97. The molecule has 148 valence electrons. The van der Waals surface area contributed by atoms with Crippen molar-refractivity contribution in [2.24, 2.45) is 0 Å². The summed E-state index contributed by atoms with van der Waals surface area (Å²) >= 11 is 0. The third-order valence-electron chi connectivity index (χ3n) is 4.69. The van der Waals surface area contributed by atoms with E-state index in [2.05, 4.69) is 10.2 Å². The maximum atomic E-state index is 12.7. The van der Waals surface area contributed by atoms with Gasteiger partial charge in [0.2, 0.25) is 15.9 Å². The minimum Gasteiger partial charge on any atom is -0.323 e. The molecule has 1 fully saturated rings. The molecule has 0 spiro atoms. The number of piperazine rings is 1. The summed E-state index contributed by atoms with van der Waals surface area (Å²) in [5.41, 5.74) is 2.62. The second-order valence-corrected chi connectivity index (χ2v) is 8.91. The highest BCUT2D eigenvalue weighted by molar-refractivity contribution is 7.89. The molecule has 0 saturated carbocycles. The maximum absolute atomic E-state index is 12.7. The highest BCUT2D eigenvalue weighted by Gasteiger charge is 2.27. The van der Waals surface area contributed by atoms with E-state index in [4.69, 9.17) is 0 Å². The van der Waals surface area contributed by atoms with E-state index in [0.717, 1.165) is 24.2 Å². The van der Waals surface area contributed by atoms with Crippen molar-refractivity contribution in [1.29, 1.82) is 0 Å². The smallest absolute Gasteiger partial charge is 0.248 e. The molecular weight excluding hydrogens is 374 g/mol. The predicted octanol–water partition coefficient (Wildman–Crippen LogP) is 2.58. The number of nitrogens with zero attached hydrogens (tertiary/aromatic N) is 2. The third kappa shape index (κ3) is 5.07. The first-order chi connectivity index (χ1) is 13.3. The van der Waals surface area contributed by atoms with E-state index in [1.54, 1.807) is 18.2 Å². The summed E-state index contributed by atoms with van der Waals surface area (Å²) in [6, 6.07) is 14.1. The number of amides is 1. The number of likely N-dealkylation sites (N-methyl/N-ethyl adjacent to an activating group) is 1. The molecule has 28 heavy (non-hydrogen) atoms. The molecule has 1 aliphatic heterocycles. The van der Waals surface area contributed by atoms with Crippen molar-refractivity contribution in [2.75, 3.05) is 38.5 Å². The summed E-state index contributed by atoms with van der Waals surface area (Å²) in [6.45, 7) is 4.42. The lowest BCUT2D eigenvalue weighted by Crippen LogP contribution is -2.46. The van der Waals surface area contributed by atoms with Crippen LogP contribution in [-0.2, 0) is 14.8 Å². The van der Waals surface area contributed by atoms with Crippen LogP contribution in [0.3, 0.4) is 0 Å². The van der Waals surface area contributed by atoms with Crippen LogP contribution in [0.15, 0.2) is 59.5 Å². The van der Waals surface area contributed by atoms with Gasteiger partial charge in [0.05, 0.1) is 4.90 Å². The van der Waals surface area contributed by atoms with Gasteiger partial charge in [0.15, 0.2) is 0 Å². The van der Waals surface area contributed by atoms with Crippen LogP contribution in [0.25, 0.3) is 6.08 Å². The van der Waals surface area contributed by atoms with Crippen LogP contribution in [0.5, 0.6) is 0 Å². The van der Waals surface area contributed by atoms with E-state index in [9.17, 15) is 13.2 Å². The summed E-state index contributed by atoms with van der Waals surface area (Å²) in [4.78, 5) is 14.4. The quantitative estimate of drug-likeness (QED) is 0.785. The predicted molar refractivity (Wildman–Crippen MR) is 112 cm³/mol. The van der Waals surface area contributed by atoms with Gasteiger partial charge in [-0.2, -0.15) is 4.31 Å². The lowest BCUT2D eigenvalue weighted by atomic mass is 10.1. The Hall–Kier alpha value is -2.48. The van der Waals surface area contributed by atoms with Gasteiger partial charge in [0, 0.05) is 37.9 Å². The van der Waals surface area contributed by atoms with E-state index < -0.39 is 10.0 Å². The van der Waals surface area contributed by atoms with Gasteiger partial charge in [-0.15, -0.1) is 0 Å². The zero-order chi connectivity index (χ0) is 20.1. The Morgan fingerprint density at radius 2 is 1.71 bits per heavy atom. The molecule has 6 nitrogen and oxygen atoms in total. The van der Waals surface area contributed by atoms with Crippen LogP contribution in [0, 0.1) is 6.92 Å². The Morgan fingerprint density at radius 3 is 2.36 bits per heavy atom. The third-order valence-corrected chi connectivity index (χ3v) is 6.60. The number of carbonyl (C=O) groups is 1. The molecule has 2 aromatic rings. The van der Waals surface area contributed by atoms with E-state index in [0.29, 0.717) is 18.8 Å². The summed E-state index contributed by atoms with van der Waals surface area (Å²) < 4.78 is 27.0. The van der Waals surface area contributed by atoms with Crippen LogP contribution < -0.4 is 5.32 Å². The Kier molecular flexibility index (Phi) is 6.28. The molecule has 0 radical (unpaired) electrons. The number of hydrogen-bond donors (Lipinski definition) is 1. The van der Waals surface area contributed by atoms with Gasteiger partial charge in [0.25, 0.3) is 0 Å². The Bertz CT molecular complexity index is 961. The van der Waals surface area contributed by atoms with Gasteiger partial charge >= 0.3 is 0 Å². The molecule has 0 bridgehead atoms. The average Bonchev–Trinajstić information content (AvgIpc) is 2.67. The number of carbonyl (C=O) groups excluding carboxylic acids is 1. The lowest BCUT2D eigenvalue weighted by molar-refractivity contribution is -0.111. The monoisotopic (exact) mass is 399 g/mol. The molecule has 0 aromatic heterocycles. The Morgan fingerprint density at radius 1 is 1.04 bits per heavy atom. The van der Waals surface area contributed by atoms with Crippen LogP contribution in [-0.4, -0.2) is 56.8 Å². The highest BCUT2D eigenvalue weighted by Crippen LogP contribution is 2.19. The molecule has 1 amide bonds.